The van der Waals surface area contributed by atoms with Crippen LogP contribution in [0, 0.1) is 0 Å². The van der Waals surface area contributed by atoms with E-state index >= 15 is 0 Å². The summed E-state index contributed by atoms with van der Waals surface area (Å²) >= 11 is 6.10. The fraction of sp³-hybridized carbons (Fsp3) is 0.391. The molecule has 0 aliphatic carbocycles. The molecule has 0 saturated carbocycles. The number of hydrogen-bond donors (Lipinski definition) is 1. The average Bonchev–Trinajstić information content (AvgIpc) is 2.73. The van der Waals surface area contributed by atoms with E-state index in [-0.39, 0.29) is 19.0 Å². The molecule has 0 aromatic heterocycles. The van der Waals surface area contributed by atoms with Gasteiger partial charge in [0.05, 0.1) is 7.11 Å². The zero-order chi connectivity index (χ0) is 20.6. The highest BCUT2D eigenvalue weighted by molar-refractivity contribution is 6.30. The van der Waals surface area contributed by atoms with Gasteiger partial charge in [-0.05, 0) is 42.8 Å². The predicted molar refractivity (Wildman–Crippen MR) is 127 cm³/mol. The molecule has 1 atom stereocenters. The second kappa shape index (κ2) is 12.1. The molecule has 164 valence electrons. The molecule has 5 nitrogen and oxygen atoms in total. The van der Waals surface area contributed by atoms with Crippen molar-refractivity contribution in [3.8, 4) is 11.5 Å². The van der Waals surface area contributed by atoms with Crippen LogP contribution in [-0.4, -0.2) is 62.6 Å². The third-order valence-corrected chi connectivity index (χ3v) is 5.23. The molecule has 0 bridgehead atoms. The van der Waals surface area contributed by atoms with Crippen LogP contribution < -0.4 is 14.4 Å². The van der Waals surface area contributed by atoms with Gasteiger partial charge in [0.15, 0.2) is 11.5 Å². The number of rotatable bonds is 8. The smallest absolute Gasteiger partial charge is 0.161 e. The topological polar surface area (TPSA) is 45.2 Å². The molecular formula is C23H30Cl2N2O3. The maximum atomic E-state index is 10.4. The van der Waals surface area contributed by atoms with Crippen molar-refractivity contribution >= 4 is 35.8 Å². The van der Waals surface area contributed by atoms with E-state index in [1.165, 1.54) is 0 Å². The standard InChI is InChI=1S/C23H29ClN2O3.ClH/c1-3-5-18-8-9-22(23(14-18)28-2)29-17-21(27)16-25-10-12-26(13-11-25)20-7-4-6-19(24)15-20;/h3-9,14-15,21,27H,10-13,16-17H2,1-2H3;1H. The number of ether oxygens (including phenoxy) is 2. The number of nitrogens with zero attached hydrogens (tertiary/aromatic N) is 2. The maximum absolute atomic E-state index is 10.4. The normalized spacial score (nSPS) is 15.7. The lowest BCUT2D eigenvalue weighted by Crippen LogP contribution is -2.49. The van der Waals surface area contributed by atoms with E-state index in [0.29, 0.717) is 18.0 Å². The summed E-state index contributed by atoms with van der Waals surface area (Å²) in [5, 5.41) is 11.2. The first kappa shape index (κ1) is 24.4. The van der Waals surface area contributed by atoms with Gasteiger partial charge in [-0.2, -0.15) is 0 Å². The molecule has 0 amide bonds. The summed E-state index contributed by atoms with van der Waals surface area (Å²) in [6.45, 7) is 6.40. The number of anilines is 1. The van der Waals surface area contributed by atoms with Crippen molar-refractivity contribution in [2.75, 3.05) is 51.3 Å². The van der Waals surface area contributed by atoms with Crippen LogP contribution in [0.2, 0.25) is 5.02 Å². The van der Waals surface area contributed by atoms with Crippen LogP contribution >= 0.6 is 24.0 Å². The summed E-state index contributed by atoms with van der Waals surface area (Å²) in [5.74, 6) is 1.31. The maximum Gasteiger partial charge on any atom is 0.161 e. The Labute approximate surface area is 190 Å². The van der Waals surface area contributed by atoms with Crippen molar-refractivity contribution < 1.29 is 14.6 Å². The quantitative estimate of drug-likeness (QED) is 0.644. The molecular weight excluding hydrogens is 423 g/mol. The lowest BCUT2D eigenvalue weighted by molar-refractivity contribution is 0.0653. The lowest BCUT2D eigenvalue weighted by atomic mass is 10.2. The molecule has 1 aliphatic heterocycles. The van der Waals surface area contributed by atoms with Gasteiger partial charge < -0.3 is 19.5 Å². The largest absolute Gasteiger partial charge is 0.493 e. The van der Waals surface area contributed by atoms with Gasteiger partial charge in [-0.25, -0.2) is 0 Å². The minimum absolute atomic E-state index is 0. The number of methoxy groups -OCH3 is 1. The minimum Gasteiger partial charge on any atom is -0.493 e. The van der Waals surface area contributed by atoms with E-state index in [9.17, 15) is 5.11 Å². The number of benzene rings is 2. The zero-order valence-electron chi connectivity index (χ0n) is 17.5. The molecule has 1 aliphatic rings. The second-order valence-electron chi connectivity index (χ2n) is 7.14. The highest BCUT2D eigenvalue weighted by Gasteiger charge is 2.20. The molecule has 0 radical (unpaired) electrons. The molecule has 0 spiro atoms. The number of allylic oxidation sites excluding steroid dienone is 1. The SMILES string of the molecule is CC=Cc1ccc(OCC(O)CN2CCN(c3cccc(Cl)c3)CC2)c(OC)c1.Cl. The summed E-state index contributed by atoms with van der Waals surface area (Å²) in [7, 11) is 1.62. The summed E-state index contributed by atoms with van der Waals surface area (Å²) < 4.78 is 11.2. The van der Waals surface area contributed by atoms with Crippen LogP contribution in [0.25, 0.3) is 6.08 Å². The van der Waals surface area contributed by atoms with E-state index < -0.39 is 6.10 Å². The molecule has 1 saturated heterocycles. The molecule has 1 N–H and O–H groups in total. The summed E-state index contributed by atoms with van der Waals surface area (Å²) in [5.41, 5.74) is 2.20. The van der Waals surface area contributed by atoms with E-state index in [0.717, 1.165) is 42.5 Å². The highest BCUT2D eigenvalue weighted by atomic mass is 35.5. The first-order valence-electron chi connectivity index (χ1n) is 9.93. The van der Waals surface area contributed by atoms with E-state index in [1.807, 2.05) is 55.5 Å². The van der Waals surface area contributed by atoms with Crippen molar-refractivity contribution in [3.05, 3.63) is 59.1 Å². The fourth-order valence-corrected chi connectivity index (χ4v) is 3.68. The number of halogens is 2. The van der Waals surface area contributed by atoms with E-state index in [4.69, 9.17) is 21.1 Å². The Morgan fingerprint density at radius 3 is 2.53 bits per heavy atom. The van der Waals surface area contributed by atoms with Crippen LogP contribution in [0.4, 0.5) is 5.69 Å². The van der Waals surface area contributed by atoms with E-state index in [1.54, 1.807) is 7.11 Å². The first-order chi connectivity index (χ1) is 14.1. The van der Waals surface area contributed by atoms with Crippen LogP contribution in [0.15, 0.2) is 48.5 Å². The zero-order valence-corrected chi connectivity index (χ0v) is 19.0. The third kappa shape index (κ3) is 6.81. The van der Waals surface area contributed by atoms with Gasteiger partial charge in [0, 0.05) is 43.4 Å². The number of aliphatic hydroxyl groups is 1. The minimum atomic E-state index is -0.562. The van der Waals surface area contributed by atoms with Gasteiger partial charge in [-0.1, -0.05) is 35.9 Å². The molecule has 1 fully saturated rings. The average molecular weight is 453 g/mol. The third-order valence-electron chi connectivity index (χ3n) is 4.99. The molecule has 1 unspecified atom stereocenters. The van der Waals surface area contributed by atoms with Crippen LogP contribution in [0.5, 0.6) is 11.5 Å². The van der Waals surface area contributed by atoms with Crippen LogP contribution in [0.1, 0.15) is 12.5 Å². The monoisotopic (exact) mass is 452 g/mol. The van der Waals surface area contributed by atoms with Crippen molar-refractivity contribution in [1.29, 1.82) is 0 Å². The Morgan fingerprint density at radius 1 is 1.10 bits per heavy atom. The van der Waals surface area contributed by atoms with Crippen molar-refractivity contribution in [2.45, 2.75) is 13.0 Å². The van der Waals surface area contributed by atoms with Gasteiger partial charge in [0.1, 0.15) is 12.7 Å². The van der Waals surface area contributed by atoms with Gasteiger partial charge in [0.2, 0.25) is 0 Å². The molecule has 1 heterocycles. The summed E-state index contributed by atoms with van der Waals surface area (Å²) in [6, 6.07) is 13.7. The highest BCUT2D eigenvalue weighted by Crippen LogP contribution is 2.28. The Balaban J connectivity index is 0.00000320. The summed E-state index contributed by atoms with van der Waals surface area (Å²) in [4.78, 5) is 4.59. The van der Waals surface area contributed by atoms with Gasteiger partial charge >= 0.3 is 0 Å². The summed E-state index contributed by atoms with van der Waals surface area (Å²) in [6.07, 6.45) is 3.42. The molecule has 7 heteroatoms. The van der Waals surface area contributed by atoms with E-state index in [2.05, 4.69) is 15.9 Å². The van der Waals surface area contributed by atoms with Crippen LogP contribution in [0.3, 0.4) is 0 Å². The number of hydrogen-bond acceptors (Lipinski definition) is 5. The number of β-amino-alcohol motifs (C(OH)–C–C–N with tert-alkyl or cyclic N) is 1. The Morgan fingerprint density at radius 2 is 1.87 bits per heavy atom. The van der Waals surface area contributed by atoms with Gasteiger partial charge in [-0.3, -0.25) is 4.90 Å². The fourth-order valence-electron chi connectivity index (χ4n) is 3.50. The molecule has 2 aromatic rings. The predicted octanol–water partition coefficient (Wildman–Crippen LogP) is 4.37. The van der Waals surface area contributed by atoms with Crippen LogP contribution in [-0.2, 0) is 0 Å². The molecule has 30 heavy (non-hydrogen) atoms. The molecule has 2 aromatic carbocycles. The van der Waals surface area contributed by atoms with Crippen molar-refractivity contribution in [1.82, 2.24) is 4.90 Å². The number of aliphatic hydroxyl groups excluding tert-OH is 1. The van der Waals surface area contributed by atoms with Gasteiger partial charge in [-0.15, -0.1) is 12.4 Å². The lowest BCUT2D eigenvalue weighted by Gasteiger charge is -2.36. The Kier molecular flexibility index (Phi) is 9.79. The second-order valence-corrected chi connectivity index (χ2v) is 7.58. The molecule has 3 rings (SSSR count). The van der Waals surface area contributed by atoms with Crippen molar-refractivity contribution in [3.63, 3.8) is 0 Å². The Hall–Kier alpha value is -1.92. The van der Waals surface area contributed by atoms with Crippen molar-refractivity contribution in [2.24, 2.45) is 0 Å². The Bertz CT molecular complexity index is 824. The van der Waals surface area contributed by atoms with Gasteiger partial charge in [0.25, 0.3) is 0 Å². The first-order valence-corrected chi connectivity index (χ1v) is 10.3. The number of piperazine rings is 1.